The molecule has 0 saturated carbocycles. The number of hydrogen-bond acceptors (Lipinski definition) is 3. The topological polar surface area (TPSA) is 55.3 Å². The van der Waals surface area contributed by atoms with E-state index in [-0.39, 0.29) is 18.4 Å². The summed E-state index contributed by atoms with van der Waals surface area (Å²) in [6.45, 7) is 2.82. The lowest BCUT2D eigenvalue weighted by Gasteiger charge is -2.18. The molecule has 0 aliphatic carbocycles. The quantitative estimate of drug-likeness (QED) is 0.659. The number of halogens is 1. The molecule has 0 aliphatic heterocycles. The summed E-state index contributed by atoms with van der Waals surface area (Å²) < 4.78 is 10.5. The van der Waals surface area contributed by atoms with Gasteiger partial charge in [0.2, 0.25) is 0 Å². The fraction of sp³-hybridized carbons (Fsp3) is 0.300. The Hall–Kier alpha value is -2.01. The zero-order valence-electron chi connectivity index (χ0n) is 14.9. The summed E-state index contributed by atoms with van der Waals surface area (Å²) in [7, 11) is 3.20. The van der Waals surface area contributed by atoms with E-state index in [1.807, 2.05) is 43.3 Å². The smallest absolute Gasteiger partial charge is 0.161 e. The molecule has 2 atom stereocenters. The van der Waals surface area contributed by atoms with Gasteiger partial charge in [0, 0.05) is 0 Å². The number of hydrogen-bond donors (Lipinski definition) is 2. The number of ether oxygens (including phenoxy) is 2. The minimum Gasteiger partial charge on any atom is -1.00 e. The molecule has 4 nitrogen and oxygen atoms in total. The maximum Gasteiger partial charge on any atom is 0.161 e. The van der Waals surface area contributed by atoms with Gasteiger partial charge in [0.25, 0.3) is 0 Å². The van der Waals surface area contributed by atoms with Gasteiger partial charge in [-0.1, -0.05) is 42.5 Å². The zero-order chi connectivity index (χ0) is 17.4. The van der Waals surface area contributed by atoms with Crippen LogP contribution < -0.4 is 27.2 Å². The third-order valence-electron chi connectivity index (χ3n) is 4.00. The second-order valence-electron chi connectivity index (χ2n) is 5.70. The first-order chi connectivity index (χ1) is 11.7. The van der Waals surface area contributed by atoms with Crippen LogP contribution in [0.15, 0.2) is 54.6 Å². The van der Waals surface area contributed by atoms with Crippen LogP contribution in [0.25, 0.3) is 6.08 Å². The Morgan fingerprint density at radius 2 is 1.72 bits per heavy atom. The maximum absolute atomic E-state index is 10.5. The predicted molar refractivity (Wildman–Crippen MR) is 96.2 cm³/mol. The lowest BCUT2D eigenvalue weighted by Crippen LogP contribution is -3.00. The van der Waals surface area contributed by atoms with E-state index >= 15 is 0 Å². The van der Waals surface area contributed by atoms with Gasteiger partial charge in [0.05, 0.1) is 20.8 Å². The Morgan fingerprint density at radius 1 is 1.04 bits per heavy atom. The van der Waals surface area contributed by atoms with Gasteiger partial charge in [-0.3, -0.25) is 0 Å². The van der Waals surface area contributed by atoms with E-state index in [2.05, 4.69) is 29.6 Å². The highest BCUT2D eigenvalue weighted by Gasteiger charge is 2.20. The number of benzene rings is 2. The van der Waals surface area contributed by atoms with Crippen molar-refractivity contribution in [3.05, 3.63) is 65.7 Å². The fourth-order valence-corrected chi connectivity index (χ4v) is 2.53. The number of nitrogens with two attached hydrogens (primary N) is 1. The molecule has 136 valence electrons. The van der Waals surface area contributed by atoms with E-state index in [0.717, 1.165) is 12.1 Å². The summed E-state index contributed by atoms with van der Waals surface area (Å²) >= 11 is 0. The second kappa shape index (κ2) is 10.8. The van der Waals surface area contributed by atoms with Gasteiger partial charge in [-0.25, -0.2) is 0 Å². The molecule has 3 N–H and O–H groups in total. The van der Waals surface area contributed by atoms with E-state index in [9.17, 15) is 5.11 Å². The molecule has 5 heteroatoms. The summed E-state index contributed by atoms with van der Waals surface area (Å²) in [5, 5.41) is 12.6. The summed E-state index contributed by atoms with van der Waals surface area (Å²) in [6, 6.07) is 15.7. The molecular formula is C20H26ClNO3. The number of aliphatic hydroxyl groups is 1. The SMILES string of the molecule is COc1ccc(C(O)C(C)[NH2+]C/C=C/c2ccccc2)cc1OC.[Cl-]. The monoisotopic (exact) mass is 363 g/mol. The van der Waals surface area contributed by atoms with Gasteiger partial charge in [0.15, 0.2) is 11.5 Å². The molecular weight excluding hydrogens is 338 g/mol. The molecule has 25 heavy (non-hydrogen) atoms. The van der Waals surface area contributed by atoms with Crippen LogP contribution in [0.3, 0.4) is 0 Å². The average Bonchev–Trinajstić information content (AvgIpc) is 2.64. The first-order valence-corrected chi connectivity index (χ1v) is 8.10. The summed E-state index contributed by atoms with van der Waals surface area (Å²) in [6.07, 6.45) is 3.62. The molecule has 2 aromatic carbocycles. The van der Waals surface area contributed by atoms with E-state index in [1.165, 1.54) is 5.56 Å². The van der Waals surface area contributed by atoms with Crippen molar-refractivity contribution in [2.24, 2.45) is 0 Å². The molecule has 0 bridgehead atoms. The predicted octanol–water partition coefficient (Wildman–Crippen LogP) is -0.593. The van der Waals surface area contributed by atoms with E-state index < -0.39 is 6.10 Å². The highest BCUT2D eigenvalue weighted by molar-refractivity contribution is 5.48. The van der Waals surface area contributed by atoms with Gasteiger partial charge in [0.1, 0.15) is 12.1 Å². The maximum atomic E-state index is 10.5. The standard InChI is InChI=1S/C20H25NO3.ClH/c1-15(21-13-7-10-16-8-5-4-6-9-16)20(22)17-11-12-18(23-2)19(14-17)24-3;/h4-12,14-15,20-22H,13H2,1-3H3;1H/b10-7+;. The van der Waals surface area contributed by atoms with Crippen molar-refractivity contribution in [3.63, 3.8) is 0 Å². The highest BCUT2D eigenvalue weighted by Crippen LogP contribution is 2.30. The average molecular weight is 364 g/mol. The number of methoxy groups -OCH3 is 2. The first kappa shape index (κ1) is 21.0. The van der Waals surface area contributed by atoms with Crippen molar-refractivity contribution in [1.82, 2.24) is 0 Å². The van der Waals surface area contributed by atoms with Crippen molar-refractivity contribution in [2.45, 2.75) is 19.1 Å². The minimum absolute atomic E-state index is 0. The molecule has 0 saturated heterocycles. The van der Waals surface area contributed by atoms with E-state index in [4.69, 9.17) is 9.47 Å². The lowest BCUT2D eigenvalue weighted by molar-refractivity contribution is -0.686. The molecule has 0 heterocycles. The molecule has 2 aromatic rings. The molecule has 0 aromatic heterocycles. The van der Waals surface area contributed by atoms with Crippen LogP contribution in [0.2, 0.25) is 0 Å². The zero-order valence-corrected chi connectivity index (χ0v) is 15.6. The minimum atomic E-state index is -0.574. The van der Waals surface area contributed by atoms with Crippen LogP contribution in [0.4, 0.5) is 0 Å². The van der Waals surface area contributed by atoms with Crippen molar-refractivity contribution in [1.29, 1.82) is 0 Å². The van der Waals surface area contributed by atoms with Crippen LogP contribution in [0.5, 0.6) is 11.5 Å². The van der Waals surface area contributed by atoms with Crippen LogP contribution >= 0.6 is 0 Å². The van der Waals surface area contributed by atoms with Crippen LogP contribution in [-0.4, -0.2) is 31.9 Å². The molecule has 2 unspecified atom stereocenters. The lowest BCUT2D eigenvalue weighted by atomic mass is 10.0. The van der Waals surface area contributed by atoms with Gasteiger partial charge < -0.3 is 32.3 Å². The van der Waals surface area contributed by atoms with Crippen LogP contribution in [-0.2, 0) is 0 Å². The molecule has 2 rings (SSSR count). The highest BCUT2D eigenvalue weighted by atomic mass is 35.5. The Balaban J connectivity index is 0.00000312. The normalized spacial score (nSPS) is 13.1. The summed E-state index contributed by atoms with van der Waals surface area (Å²) in [5.74, 6) is 1.29. The summed E-state index contributed by atoms with van der Waals surface area (Å²) in [4.78, 5) is 0. The van der Waals surface area contributed by atoms with Crippen molar-refractivity contribution in [2.75, 3.05) is 20.8 Å². The Morgan fingerprint density at radius 3 is 2.36 bits per heavy atom. The third kappa shape index (κ3) is 6.09. The molecule has 0 spiro atoms. The molecule has 0 radical (unpaired) electrons. The van der Waals surface area contributed by atoms with E-state index in [0.29, 0.717) is 11.5 Å². The molecule has 0 amide bonds. The van der Waals surface area contributed by atoms with Gasteiger partial charge >= 0.3 is 0 Å². The van der Waals surface area contributed by atoms with E-state index in [1.54, 1.807) is 14.2 Å². The van der Waals surface area contributed by atoms with Gasteiger partial charge in [-0.05, 0) is 36.3 Å². The number of quaternary nitrogens is 1. The molecule has 0 fully saturated rings. The molecule has 0 aliphatic rings. The fourth-order valence-electron chi connectivity index (χ4n) is 2.53. The Bertz CT molecular complexity index is 661. The van der Waals surface area contributed by atoms with Crippen molar-refractivity contribution in [3.8, 4) is 11.5 Å². The Labute approximate surface area is 155 Å². The first-order valence-electron chi connectivity index (χ1n) is 8.10. The van der Waals surface area contributed by atoms with Crippen LogP contribution in [0, 0.1) is 0 Å². The number of aliphatic hydroxyl groups excluding tert-OH is 1. The summed E-state index contributed by atoms with van der Waals surface area (Å²) in [5.41, 5.74) is 2.00. The van der Waals surface area contributed by atoms with Crippen molar-refractivity contribution < 1.29 is 32.3 Å². The third-order valence-corrected chi connectivity index (χ3v) is 4.00. The number of rotatable bonds is 8. The largest absolute Gasteiger partial charge is 1.00 e. The Kier molecular flexibility index (Phi) is 9.06. The van der Waals surface area contributed by atoms with Gasteiger partial charge in [-0.15, -0.1) is 0 Å². The second-order valence-corrected chi connectivity index (χ2v) is 5.70. The van der Waals surface area contributed by atoms with Gasteiger partial charge in [-0.2, -0.15) is 0 Å². The van der Waals surface area contributed by atoms with Crippen LogP contribution in [0.1, 0.15) is 24.2 Å². The van der Waals surface area contributed by atoms with Crippen molar-refractivity contribution >= 4 is 6.08 Å².